The third-order valence-electron chi connectivity index (χ3n) is 4.26. The average Bonchev–Trinajstić information content (AvgIpc) is 3.18. The van der Waals surface area contributed by atoms with Crippen molar-refractivity contribution in [1.82, 2.24) is 15.6 Å². The summed E-state index contributed by atoms with van der Waals surface area (Å²) >= 11 is 0. The Labute approximate surface area is 149 Å². The summed E-state index contributed by atoms with van der Waals surface area (Å²) in [7, 11) is 0. The number of aliphatic imine (C=N–C) groups is 1. The maximum atomic E-state index is 5.35. The van der Waals surface area contributed by atoms with Crippen molar-refractivity contribution < 1.29 is 4.42 Å². The number of furan rings is 1. The fraction of sp³-hybridized carbons (Fsp3) is 0.474. The quantitative estimate of drug-likeness (QED) is 0.625. The molecule has 0 unspecified atom stereocenters. The number of aromatic nitrogens is 1. The number of nitrogens with zero attached hydrogens (tertiary/aromatic N) is 3. The normalized spacial score (nSPS) is 15.2. The molecular formula is C19H27N5O. The number of piperidine rings is 1. The monoisotopic (exact) mass is 341 g/mol. The number of nitrogens with one attached hydrogen (secondary N) is 2. The highest BCUT2D eigenvalue weighted by Crippen LogP contribution is 2.18. The van der Waals surface area contributed by atoms with Gasteiger partial charge >= 0.3 is 0 Å². The van der Waals surface area contributed by atoms with Crippen molar-refractivity contribution in [3.63, 3.8) is 0 Å². The van der Waals surface area contributed by atoms with Gasteiger partial charge in [0.25, 0.3) is 0 Å². The van der Waals surface area contributed by atoms with Crippen molar-refractivity contribution in [3.8, 4) is 0 Å². The molecule has 2 aromatic heterocycles. The standard InChI is InChI=1S/C19H27N5O/c1-2-20-19(23-15-17-7-6-12-25-17)22-14-16-8-9-21-18(13-16)24-10-4-3-5-11-24/h6-9,12-13H,2-5,10-11,14-15H2,1H3,(H2,20,22,23). The van der Waals surface area contributed by atoms with E-state index in [2.05, 4.69) is 38.5 Å². The van der Waals surface area contributed by atoms with E-state index in [1.54, 1.807) is 6.26 Å². The molecule has 2 aromatic rings. The molecule has 0 amide bonds. The average molecular weight is 341 g/mol. The van der Waals surface area contributed by atoms with Gasteiger partial charge in [-0.2, -0.15) is 0 Å². The molecule has 3 heterocycles. The second kappa shape index (κ2) is 9.11. The molecule has 1 aliphatic heterocycles. The SMILES string of the molecule is CCNC(=NCc1ccnc(N2CCCCC2)c1)NCc1ccco1. The lowest BCUT2D eigenvalue weighted by Gasteiger charge is -2.27. The minimum Gasteiger partial charge on any atom is -0.467 e. The Hall–Kier alpha value is -2.50. The Morgan fingerprint density at radius 2 is 2.12 bits per heavy atom. The van der Waals surface area contributed by atoms with Crippen LogP contribution in [0.3, 0.4) is 0 Å². The molecule has 0 radical (unpaired) electrons. The number of hydrogen-bond donors (Lipinski definition) is 2. The zero-order valence-electron chi connectivity index (χ0n) is 14.9. The molecule has 1 saturated heterocycles. The van der Waals surface area contributed by atoms with Gasteiger partial charge in [0.05, 0.1) is 19.4 Å². The van der Waals surface area contributed by atoms with E-state index in [-0.39, 0.29) is 0 Å². The van der Waals surface area contributed by atoms with E-state index in [0.29, 0.717) is 13.1 Å². The van der Waals surface area contributed by atoms with E-state index in [1.165, 1.54) is 24.8 Å². The Bertz CT molecular complexity index is 662. The van der Waals surface area contributed by atoms with E-state index < -0.39 is 0 Å². The summed E-state index contributed by atoms with van der Waals surface area (Å²) in [5.74, 6) is 2.75. The van der Waals surface area contributed by atoms with Crippen LogP contribution in [0.1, 0.15) is 37.5 Å². The minimum absolute atomic E-state index is 0.619. The first-order valence-electron chi connectivity index (χ1n) is 9.09. The minimum atomic E-state index is 0.619. The van der Waals surface area contributed by atoms with Gasteiger partial charge in [-0.05, 0) is 56.0 Å². The number of anilines is 1. The first kappa shape index (κ1) is 17.3. The van der Waals surface area contributed by atoms with E-state index in [1.807, 2.05) is 24.4 Å². The highest BCUT2D eigenvalue weighted by Gasteiger charge is 2.12. The van der Waals surface area contributed by atoms with E-state index in [4.69, 9.17) is 4.42 Å². The lowest BCUT2D eigenvalue weighted by Crippen LogP contribution is -2.36. The summed E-state index contributed by atoms with van der Waals surface area (Å²) in [6.07, 6.45) is 7.41. The zero-order chi connectivity index (χ0) is 17.3. The Kier molecular flexibility index (Phi) is 6.31. The van der Waals surface area contributed by atoms with Crippen LogP contribution >= 0.6 is 0 Å². The Balaban J connectivity index is 1.61. The van der Waals surface area contributed by atoms with Crippen LogP contribution in [0.5, 0.6) is 0 Å². The van der Waals surface area contributed by atoms with Crippen molar-refractivity contribution in [1.29, 1.82) is 0 Å². The first-order chi connectivity index (χ1) is 12.3. The van der Waals surface area contributed by atoms with Gasteiger partial charge in [-0.1, -0.05) is 0 Å². The summed E-state index contributed by atoms with van der Waals surface area (Å²) in [4.78, 5) is 11.6. The van der Waals surface area contributed by atoms with E-state index in [9.17, 15) is 0 Å². The van der Waals surface area contributed by atoms with Crippen LogP contribution < -0.4 is 15.5 Å². The summed E-state index contributed by atoms with van der Waals surface area (Å²) < 4.78 is 5.35. The van der Waals surface area contributed by atoms with E-state index in [0.717, 1.165) is 37.2 Å². The molecule has 1 aliphatic rings. The van der Waals surface area contributed by atoms with Crippen LogP contribution in [0.2, 0.25) is 0 Å². The molecule has 2 N–H and O–H groups in total. The van der Waals surface area contributed by atoms with Gasteiger partial charge in [0.2, 0.25) is 0 Å². The van der Waals surface area contributed by atoms with Gasteiger partial charge in [-0.3, -0.25) is 0 Å². The van der Waals surface area contributed by atoms with Crippen LogP contribution in [0, 0.1) is 0 Å². The zero-order valence-corrected chi connectivity index (χ0v) is 14.9. The molecule has 0 saturated carbocycles. The maximum Gasteiger partial charge on any atom is 0.191 e. The van der Waals surface area contributed by atoms with Crippen molar-refractivity contribution in [2.24, 2.45) is 4.99 Å². The smallest absolute Gasteiger partial charge is 0.191 e. The van der Waals surface area contributed by atoms with Gasteiger partial charge in [0.1, 0.15) is 11.6 Å². The summed E-state index contributed by atoms with van der Waals surface area (Å²) in [6.45, 7) is 6.33. The van der Waals surface area contributed by atoms with Crippen molar-refractivity contribution in [2.45, 2.75) is 39.3 Å². The predicted octanol–water partition coefficient (Wildman–Crippen LogP) is 2.92. The Morgan fingerprint density at radius 3 is 2.88 bits per heavy atom. The number of pyridine rings is 1. The fourth-order valence-electron chi connectivity index (χ4n) is 2.95. The highest BCUT2D eigenvalue weighted by atomic mass is 16.3. The fourth-order valence-corrected chi connectivity index (χ4v) is 2.95. The highest BCUT2D eigenvalue weighted by molar-refractivity contribution is 5.79. The predicted molar refractivity (Wildman–Crippen MR) is 101 cm³/mol. The molecule has 6 nitrogen and oxygen atoms in total. The third-order valence-corrected chi connectivity index (χ3v) is 4.26. The number of guanidine groups is 1. The van der Waals surface area contributed by atoms with E-state index >= 15 is 0 Å². The molecule has 0 aliphatic carbocycles. The lowest BCUT2D eigenvalue weighted by atomic mass is 10.1. The molecule has 1 fully saturated rings. The third kappa shape index (κ3) is 5.24. The van der Waals surface area contributed by atoms with Crippen molar-refractivity contribution in [3.05, 3.63) is 48.0 Å². The number of rotatable bonds is 6. The van der Waals surface area contributed by atoms with Crippen LogP contribution in [-0.4, -0.2) is 30.6 Å². The largest absolute Gasteiger partial charge is 0.467 e. The van der Waals surface area contributed by atoms with Gasteiger partial charge in [-0.25, -0.2) is 9.98 Å². The van der Waals surface area contributed by atoms with Gasteiger partial charge in [0, 0.05) is 25.8 Å². The van der Waals surface area contributed by atoms with Gasteiger partial charge in [0.15, 0.2) is 5.96 Å². The molecule has 0 aromatic carbocycles. The molecule has 134 valence electrons. The first-order valence-corrected chi connectivity index (χ1v) is 9.09. The summed E-state index contributed by atoms with van der Waals surface area (Å²) in [6, 6.07) is 8.03. The molecular weight excluding hydrogens is 314 g/mol. The maximum absolute atomic E-state index is 5.35. The lowest BCUT2D eigenvalue weighted by molar-refractivity contribution is 0.501. The van der Waals surface area contributed by atoms with Gasteiger partial charge < -0.3 is 20.0 Å². The topological polar surface area (TPSA) is 65.7 Å². The van der Waals surface area contributed by atoms with Crippen molar-refractivity contribution in [2.75, 3.05) is 24.5 Å². The molecule has 0 spiro atoms. The van der Waals surface area contributed by atoms with Gasteiger partial charge in [-0.15, -0.1) is 0 Å². The molecule has 25 heavy (non-hydrogen) atoms. The number of hydrogen-bond acceptors (Lipinski definition) is 4. The van der Waals surface area contributed by atoms with Crippen LogP contribution in [-0.2, 0) is 13.1 Å². The Morgan fingerprint density at radius 1 is 1.24 bits per heavy atom. The second-order valence-corrected chi connectivity index (χ2v) is 6.20. The van der Waals surface area contributed by atoms with Crippen molar-refractivity contribution >= 4 is 11.8 Å². The summed E-state index contributed by atoms with van der Waals surface area (Å²) in [5, 5.41) is 6.55. The molecule has 3 rings (SSSR count). The van der Waals surface area contributed by atoms with Crippen LogP contribution in [0.15, 0.2) is 46.1 Å². The molecule has 6 heteroatoms. The molecule has 0 atom stereocenters. The molecule has 0 bridgehead atoms. The van der Waals surface area contributed by atoms with Crippen LogP contribution in [0.4, 0.5) is 5.82 Å². The summed E-state index contributed by atoms with van der Waals surface area (Å²) in [5.41, 5.74) is 1.17. The van der Waals surface area contributed by atoms with Crippen LogP contribution in [0.25, 0.3) is 0 Å². The second-order valence-electron chi connectivity index (χ2n) is 6.20.